The topological polar surface area (TPSA) is 132 Å². The summed E-state index contributed by atoms with van der Waals surface area (Å²) < 4.78 is 26.2. The van der Waals surface area contributed by atoms with Gasteiger partial charge in [-0.2, -0.15) is 0 Å². The number of esters is 3. The van der Waals surface area contributed by atoms with Gasteiger partial charge in [-0.1, -0.05) is 73.1 Å². The Morgan fingerprint density at radius 3 is 1.93 bits per heavy atom. The van der Waals surface area contributed by atoms with Crippen molar-refractivity contribution in [2.75, 3.05) is 6.61 Å². The van der Waals surface area contributed by atoms with Crippen LogP contribution in [0.2, 0.25) is 5.15 Å². The van der Waals surface area contributed by atoms with Crippen LogP contribution in [0.15, 0.2) is 104 Å². The minimum atomic E-state index is -1.46. The van der Waals surface area contributed by atoms with Crippen LogP contribution in [0.1, 0.15) is 50.6 Å². The Kier molecular flexibility index (Phi) is 8.54. The first-order valence-corrected chi connectivity index (χ1v) is 14.5. The molecule has 45 heavy (non-hydrogen) atoms. The zero-order valence-corrected chi connectivity index (χ0v) is 24.7. The van der Waals surface area contributed by atoms with Crippen LogP contribution in [0.5, 0.6) is 0 Å². The molecule has 0 bridgehead atoms. The molecule has 12 heteroatoms. The average Bonchev–Trinajstić information content (AvgIpc) is 3.65. The van der Waals surface area contributed by atoms with Crippen molar-refractivity contribution in [2.24, 2.45) is 0 Å². The first-order valence-electron chi connectivity index (χ1n) is 14.2. The standard InChI is InChI=1S/C33H27ClN4O7/c1-2-33(18-42-30(39)21-12-6-3-7-13-21)26(44-32(41)23-16-10-5-11-17-23)25(43-31(40)22-14-8-4-9-15-22)29(45-33)38-20-37-24-27(34)35-19-36-28(24)38/h3-17,19-20,25-26,29H,2,18H2,1H3/t25-,26+,29-,33-/m1/s1. The van der Waals surface area contributed by atoms with Gasteiger partial charge in [-0.05, 0) is 42.8 Å². The van der Waals surface area contributed by atoms with Crippen LogP contribution >= 0.6 is 11.6 Å². The summed E-state index contributed by atoms with van der Waals surface area (Å²) in [5.41, 5.74) is -0.00705. The number of imidazole rings is 1. The first-order chi connectivity index (χ1) is 21.9. The molecule has 0 spiro atoms. The quantitative estimate of drug-likeness (QED) is 0.118. The molecule has 3 aromatic carbocycles. The Labute approximate surface area is 262 Å². The van der Waals surface area contributed by atoms with Crippen molar-refractivity contribution in [2.45, 2.75) is 37.4 Å². The molecule has 0 aliphatic carbocycles. The van der Waals surface area contributed by atoms with Crippen LogP contribution in [-0.4, -0.2) is 61.8 Å². The van der Waals surface area contributed by atoms with E-state index in [4.69, 9.17) is 30.5 Å². The first kappa shape index (κ1) is 29.9. The molecule has 6 rings (SSSR count). The molecule has 5 aromatic rings. The van der Waals surface area contributed by atoms with Crippen molar-refractivity contribution < 1.29 is 33.3 Å². The summed E-state index contributed by atoms with van der Waals surface area (Å²) in [5.74, 6) is -1.96. The molecule has 0 amide bonds. The lowest BCUT2D eigenvalue weighted by atomic mass is 9.92. The Balaban J connectivity index is 1.44. The maximum atomic E-state index is 13.5. The summed E-state index contributed by atoms with van der Waals surface area (Å²) >= 11 is 6.29. The molecule has 228 valence electrons. The molecule has 2 aromatic heterocycles. The fraction of sp³-hybridized carbons (Fsp3) is 0.212. The normalized spacial score (nSPS) is 20.9. The summed E-state index contributed by atoms with van der Waals surface area (Å²) in [5, 5.41) is 0.111. The molecule has 11 nitrogen and oxygen atoms in total. The number of hydrogen-bond donors (Lipinski definition) is 0. The van der Waals surface area contributed by atoms with E-state index in [-0.39, 0.29) is 29.3 Å². The minimum absolute atomic E-state index is 0.111. The monoisotopic (exact) mass is 626 g/mol. The number of nitrogens with zero attached hydrogens (tertiary/aromatic N) is 4. The lowest BCUT2D eigenvalue weighted by Crippen LogP contribution is -2.50. The predicted octanol–water partition coefficient (Wildman–Crippen LogP) is 5.47. The third kappa shape index (κ3) is 6.00. The highest BCUT2D eigenvalue weighted by molar-refractivity contribution is 6.33. The zero-order chi connectivity index (χ0) is 31.4. The number of ether oxygens (including phenoxy) is 4. The predicted molar refractivity (Wildman–Crippen MR) is 161 cm³/mol. The molecular formula is C33H27ClN4O7. The van der Waals surface area contributed by atoms with Crippen molar-refractivity contribution in [3.05, 3.63) is 125 Å². The highest BCUT2D eigenvalue weighted by atomic mass is 35.5. The lowest BCUT2D eigenvalue weighted by molar-refractivity contribution is -0.133. The maximum absolute atomic E-state index is 13.5. The van der Waals surface area contributed by atoms with Crippen molar-refractivity contribution in [3.63, 3.8) is 0 Å². The number of halogens is 1. The summed E-state index contributed by atoms with van der Waals surface area (Å²) in [4.78, 5) is 52.8. The Morgan fingerprint density at radius 2 is 1.36 bits per heavy atom. The van der Waals surface area contributed by atoms with Gasteiger partial charge in [0.1, 0.15) is 24.1 Å². The van der Waals surface area contributed by atoms with Gasteiger partial charge in [0.05, 0.1) is 23.0 Å². The number of carbonyl (C=O) groups is 3. The second-order valence-electron chi connectivity index (χ2n) is 10.3. The molecule has 1 saturated heterocycles. The highest BCUT2D eigenvalue weighted by Crippen LogP contribution is 2.45. The van der Waals surface area contributed by atoms with Gasteiger partial charge < -0.3 is 18.9 Å². The number of aromatic nitrogens is 4. The van der Waals surface area contributed by atoms with E-state index in [1.54, 1.807) is 97.9 Å². The summed E-state index contributed by atoms with van der Waals surface area (Å²) in [6, 6.07) is 25.2. The summed E-state index contributed by atoms with van der Waals surface area (Å²) in [6.45, 7) is 1.46. The largest absolute Gasteiger partial charge is 0.459 e. The van der Waals surface area contributed by atoms with Crippen LogP contribution in [0, 0.1) is 0 Å². The van der Waals surface area contributed by atoms with Gasteiger partial charge in [0.15, 0.2) is 29.2 Å². The number of benzene rings is 3. The van der Waals surface area contributed by atoms with Crippen LogP contribution < -0.4 is 0 Å². The van der Waals surface area contributed by atoms with E-state index in [0.29, 0.717) is 16.7 Å². The van der Waals surface area contributed by atoms with Gasteiger partial charge in [-0.25, -0.2) is 29.3 Å². The summed E-state index contributed by atoms with van der Waals surface area (Å²) in [7, 11) is 0. The molecule has 0 unspecified atom stereocenters. The number of carbonyl (C=O) groups excluding carboxylic acids is 3. The van der Waals surface area contributed by atoms with Gasteiger partial charge in [-0.3, -0.25) is 4.57 Å². The Bertz CT molecular complexity index is 1820. The Hall–Kier alpha value is -5.13. The van der Waals surface area contributed by atoms with Gasteiger partial charge in [0.2, 0.25) is 0 Å². The van der Waals surface area contributed by atoms with Crippen LogP contribution in [0.3, 0.4) is 0 Å². The van der Waals surface area contributed by atoms with Crippen molar-refractivity contribution >= 4 is 40.7 Å². The van der Waals surface area contributed by atoms with Crippen molar-refractivity contribution in [1.82, 2.24) is 19.5 Å². The molecule has 4 atom stereocenters. The lowest BCUT2D eigenvalue weighted by Gasteiger charge is -2.33. The second kappa shape index (κ2) is 12.8. The summed E-state index contributed by atoms with van der Waals surface area (Å²) in [6.07, 6.45) is -0.725. The SMILES string of the molecule is CC[C@]1(COC(=O)c2ccccc2)O[C@@H](n2cnc3c(Cl)ncnc32)[C@H](OC(=O)c2ccccc2)[C@@H]1OC(=O)c1ccccc1. The van der Waals surface area contributed by atoms with E-state index in [1.807, 2.05) is 0 Å². The Morgan fingerprint density at radius 1 is 0.800 bits per heavy atom. The number of rotatable bonds is 9. The number of hydrogen-bond acceptors (Lipinski definition) is 10. The third-order valence-electron chi connectivity index (χ3n) is 7.59. The zero-order valence-electron chi connectivity index (χ0n) is 24.0. The van der Waals surface area contributed by atoms with Gasteiger partial charge in [0, 0.05) is 0 Å². The number of fused-ring (bicyclic) bond motifs is 1. The molecule has 0 N–H and O–H groups in total. The van der Waals surface area contributed by atoms with Crippen molar-refractivity contribution in [3.8, 4) is 0 Å². The highest BCUT2D eigenvalue weighted by Gasteiger charge is 2.60. The molecule has 1 fully saturated rings. The van der Waals surface area contributed by atoms with Crippen LogP contribution in [-0.2, 0) is 18.9 Å². The minimum Gasteiger partial charge on any atom is -0.459 e. The average molecular weight is 627 g/mol. The fourth-order valence-electron chi connectivity index (χ4n) is 5.21. The third-order valence-corrected chi connectivity index (χ3v) is 7.87. The maximum Gasteiger partial charge on any atom is 0.338 e. The molecule has 1 aliphatic heterocycles. The molecule has 0 radical (unpaired) electrons. The fourth-order valence-corrected chi connectivity index (χ4v) is 5.39. The van der Waals surface area contributed by atoms with E-state index >= 15 is 0 Å². The molecule has 1 aliphatic rings. The van der Waals surface area contributed by atoms with E-state index in [0.717, 1.165) is 0 Å². The van der Waals surface area contributed by atoms with Gasteiger partial charge in [-0.15, -0.1) is 0 Å². The van der Waals surface area contributed by atoms with E-state index in [2.05, 4.69) is 15.0 Å². The van der Waals surface area contributed by atoms with Gasteiger partial charge >= 0.3 is 17.9 Å². The van der Waals surface area contributed by atoms with Crippen molar-refractivity contribution in [1.29, 1.82) is 0 Å². The smallest absolute Gasteiger partial charge is 0.338 e. The molecular weight excluding hydrogens is 600 g/mol. The molecule has 3 heterocycles. The molecule has 0 saturated carbocycles. The van der Waals surface area contributed by atoms with Crippen LogP contribution in [0.25, 0.3) is 11.2 Å². The van der Waals surface area contributed by atoms with E-state index < -0.39 is 41.9 Å². The van der Waals surface area contributed by atoms with Crippen LogP contribution in [0.4, 0.5) is 0 Å². The second-order valence-corrected chi connectivity index (χ2v) is 10.6. The van der Waals surface area contributed by atoms with E-state index in [9.17, 15) is 14.4 Å². The van der Waals surface area contributed by atoms with E-state index in [1.165, 1.54) is 17.2 Å². The van der Waals surface area contributed by atoms with Gasteiger partial charge in [0.25, 0.3) is 0 Å².